The Bertz CT molecular complexity index is 529. The minimum Gasteiger partial charge on any atom is -0.337 e. The molecule has 0 saturated heterocycles. The monoisotopic (exact) mass is 312 g/mol. The highest BCUT2D eigenvalue weighted by Gasteiger charge is 2.24. The third-order valence-electron chi connectivity index (χ3n) is 4.01. The molecule has 1 amide bonds. The predicted octanol–water partition coefficient (Wildman–Crippen LogP) is 2.88. The van der Waals surface area contributed by atoms with Gasteiger partial charge in [0.05, 0.1) is 6.54 Å². The number of carbonyl (C=O) groups is 1. The third kappa shape index (κ3) is 3.27. The number of nitrogens with one attached hydrogen (secondary N) is 1. The van der Waals surface area contributed by atoms with Crippen LogP contribution in [0, 0.1) is 5.92 Å². The largest absolute Gasteiger partial charge is 0.337 e. The van der Waals surface area contributed by atoms with Gasteiger partial charge in [0.2, 0.25) is 5.91 Å². The maximum atomic E-state index is 12.2. The summed E-state index contributed by atoms with van der Waals surface area (Å²) in [7, 11) is 0. The Morgan fingerprint density at radius 3 is 2.90 bits per heavy atom. The molecule has 1 aromatic carbocycles. The molecule has 3 nitrogen and oxygen atoms in total. The summed E-state index contributed by atoms with van der Waals surface area (Å²) < 4.78 is 0. The van der Waals surface area contributed by atoms with Crippen LogP contribution in [-0.4, -0.2) is 30.4 Å². The Hall–Kier alpha value is -0.770. The number of rotatable bonds is 4. The van der Waals surface area contributed by atoms with Crippen LogP contribution >= 0.6 is 23.2 Å². The Kier molecular flexibility index (Phi) is 4.20. The van der Waals surface area contributed by atoms with E-state index in [1.807, 2.05) is 11.0 Å². The van der Waals surface area contributed by atoms with Crippen molar-refractivity contribution < 1.29 is 4.79 Å². The second kappa shape index (κ2) is 5.92. The molecule has 108 valence electrons. The number of benzene rings is 1. The summed E-state index contributed by atoms with van der Waals surface area (Å²) in [5.74, 6) is 0.948. The zero-order valence-electron chi connectivity index (χ0n) is 11.3. The molecule has 20 heavy (non-hydrogen) atoms. The van der Waals surface area contributed by atoms with E-state index in [1.54, 1.807) is 6.07 Å². The van der Waals surface area contributed by atoms with Gasteiger partial charge in [-0.2, -0.15) is 0 Å². The first-order valence-corrected chi connectivity index (χ1v) is 7.84. The summed E-state index contributed by atoms with van der Waals surface area (Å²) in [6.07, 6.45) is 3.42. The third-order valence-corrected chi connectivity index (χ3v) is 4.57. The molecule has 1 aliphatic carbocycles. The Morgan fingerprint density at radius 1 is 1.35 bits per heavy atom. The quantitative estimate of drug-likeness (QED) is 0.927. The first-order valence-electron chi connectivity index (χ1n) is 7.09. The molecule has 0 spiro atoms. The lowest BCUT2D eigenvalue weighted by molar-refractivity contribution is -0.131. The molecule has 1 N–H and O–H groups in total. The van der Waals surface area contributed by atoms with Crippen molar-refractivity contribution in [3.63, 3.8) is 0 Å². The van der Waals surface area contributed by atoms with Gasteiger partial charge in [-0.1, -0.05) is 23.2 Å². The van der Waals surface area contributed by atoms with Gasteiger partial charge >= 0.3 is 0 Å². The van der Waals surface area contributed by atoms with Crippen molar-refractivity contribution in [3.8, 4) is 0 Å². The maximum absolute atomic E-state index is 12.2. The fraction of sp³-hybridized carbons (Fsp3) is 0.533. The summed E-state index contributed by atoms with van der Waals surface area (Å²) in [6.45, 7) is 2.73. The SMILES string of the molecule is O=C(CNCC1CC1)N1CCc2cc(Cl)cc(Cl)c2C1. The van der Waals surface area contributed by atoms with E-state index in [-0.39, 0.29) is 5.91 Å². The number of carbonyl (C=O) groups excluding carboxylic acids is 1. The fourth-order valence-corrected chi connectivity index (χ4v) is 3.21. The summed E-state index contributed by atoms with van der Waals surface area (Å²) in [6, 6.07) is 3.71. The first-order chi connectivity index (χ1) is 9.63. The average molecular weight is 313 g/mol. The van der Waals surface area contributed by atoms with Crippen LogP contribution < -0.4 is 5.32 Å². The molecule has 1 aliphatic heterocycles. The van der Waals surface area contributed by atoms with E-state index in [0.717, 1.165) is 36.6 Å². The molecule has 2 aliphatic rings. The topological polar surface area (TPSA) is 32.3 Å². The van der Waals surface area contributed by atoms with Gasteiger partial charge < -0.3 is 10.2 Å². The van der Waals surface area contributed by atoms with Gasteiger partial charge in [-0.25, -0.2) is 0 Å². The Labute approximate surface area is 129 Å². The minimum absolute atomic E-state index is 0.155. The molecular formula is C15H18Cl2N2O. The molecule has 5 heteroatoms. The summed E-state index contributed by atoms with van der Waals surface area (Å²) >= 11 is 12.2. The van der Waals surface area contributed by atoms with E-state index >= 15 is 0 Å². The van der Waals surface area contributed by atoms with Gasteiger partial charge in [0.25, 0.3) is 0 Å². The van der Waals surface area contributed by atoms with E-state index in [0.29, 0.717) is 23.1 Å². The van der Waals surface area contributed by atoms with Gasteiger partial charge in [-0.05, 0) is 55.0 Å². The lowest BCUT2D eigenvalue weighted by Gasteiger charge is -2.30. The van der Waals surface area contributed by atoms with Gasteiger partial charge in [0, 0.05) is 23.1 Å². The van der Waals surface area contributed by atoms with Gasteiger partial charge in [-0.15, -0.1) is 0 Å². The predicted molar refractivity (Wildman–Crippen MR) is 81.2 cm³/mol. The van der Waals surface area contributed by atoms with Crippen LogP contribution in [0.2, 0.25) is 10.0 Å². The van der Waals surface area contributed by atoms with Crippen LogP contribution in [0.5, 0.6) is 0 Å². The van der Waals surface area contributed by atoms with Crippen molar-refractivity contribution in [2.45, 2.75) is 25.8 Å². The van der Waals surface area contributed by atoms with Crippen LogP contribution in [0.25, 0.3) is 0 Å². The van der Waals surface area contributed by atoms with E-state index in [4.69, 9.17) is 23.2 Å². The lowest BCUT2D eigenvalue weighted by Crippen LogP contribution is -2.41. The molecule has 0 unspecified atom stereocenters. The van der Waals surface area contributed by atoms with Gasteiger partial charge in [0.15, 0.2) is 0 Å². The molecule has 3 rings (SSSR count). The summed E-state index contributed by atoms with van der Waals surface area (Å²) in [4.78, 5) is 14.1. The van der Waals surface area contributed by atoms with E-state index in [9.17, 15) is 4.79 Å². The molecule has 1 saturated carbocycles. The highest BCUT2D eigenvalue weighted by molar-refractivity contribution is 6.35. The van der Waals surface area contributed by atoms with Gasteiger partial charge in [0.1, 0.15) is 0 Å². The van der Waals surface area contributed by atoms with Crippen molar-refractivity contribution in [3.05, 3.63) is 33.3 Å². The Morgan fingerprint density at radius 2 is 2.15 bits per heavy atom. The number of amides is 1. The van der Waals surface area contributed by atoms with E-state index < -0.39 is 0 Å². The van der Waals surface area contributed by atoms with E-state index in [2.05, 4.69) is 5.32 Å². The Balaban J connectivity index is 1.60. The van der Waals surface area contributed by atoms with Crippen LogP contribution in [0.15, 0.2) is 12.1 Å². The number of nitrogens with zero attached hydrogens (tertiary/aromatic N) is 1. The maximum Gasteiger partial charge on any atom is 0.236 e. The standard InChI is InChI=1S/C15H18Cl2N2O/c16-12-5-11-3-4-19(9-13(11)14(17)6-12)15(20)8-18-7-10-1-2-10/h5-6,10,18H,1-4,7-9H2. The average Bonchev–Trinajstić information content (AvgIpc) is 3.22. The molecule has 0 atom stereocenters. The zero-order valence-corrected chi connectivity index (χ0v) is 12.8. The number of hydrogen-bond acceptors (Lipinski definition) is 2. The lowest BCUT2D eigenvalue weighted by atomic mass is 9.99. The molecule has 0 radical (unpaired) electrons. The molecular weight excluding hydrogens is 295 g/mol. The second-order valence-electron chi connectivity index (χ2n) is 5.66. The summed E-state index contributed by atoms with van der Waals surface area (Å²) in [5.41, 5.74) is 2.20. The van der Waals surface area contributed by atoms with Crippen LogP contribution in [0.4, 0.5) is 0 Å². The molecule has 1 fully saturated rings. The molecule has 1 heterocycles. The zero-order chi connectivity index (χ0) is 14.1. The van der Waals surface area contributed by atoms with Gasteiger partial charge in [-0.3, -0.25) is 4.79 Å². The first kappa shape index (κ1) is 14.2. The van der Waals surface area contributed by atoms with Crippen molar-refractivity contribution in [2.24, 2.45) is 5.92 Å². The highest BCUT2D eigenvalue weighted by atomic mass is 35.5. The molecule has 1 aromatic rings. The molecule has 0 bridgehead atoms. The normalized spacial score (nSPS) is 18.0. The van der Waals surface area contributed by atoms with Crippen molar-refractivity contribution in [1.29, 1.82) is 0 Å². The number of halogens is 2. The van der Waals surface area contributed by atoms with Crippen molar-refractivity contribution in [2.75, 3.05) is 19.6 Å². The van der Waals surface area contributed by atoms with Crippen LogP contribution in [-0.2, 0) is 17.8 Å². The second-order valence-corrected chi connectivity index (χ2v) is 6.51. The van der Waals surface area contributed by atoms with Crippen molar-refractivity contribution >= 4 is 29.1 Å². The van der Waals surface area contributed by atoms with Crippen LogP contribution in [0.3, 0.4) is 0 Å². The van der Waals surface area contributed by atoms with E-state index in [1.165, 1.54) is 12.8 Å². The smallest absolute Gasteiger partial charge is 0.236 e. The molecule has 0 aromatic heterocycles. The number of fused-ring (bicyclic) bond motifs is 1. The summed E-state index contributed by atoms with van der Waals surface area (Å²) in [5, 5.41) is 4.58. The highest BCUT2D eigenvalue weighted by Crippen LogP contribution is 2.30. The van der Waals surface area contributed by atoms with Crippen LogP contribution in [0.1, 0.15) is 24.0 Å². The fourth-order valence-electron chi connectivity index (χ4n) is 2.61. The minimum atomic E-state index is 0.155. The number of hydrogen-bond donors (Lipinski definition) is 1. The van der Waals surface area contributed by atoms with Crippen molar-refractivity contribution in [1.82, 2.24) is 10.2 Å².